The molecule has 3 aromatic rings. The van der Waals surface area contributed by atoms with Crippen molar-refractivity contribution in [3.63, 3.8) is 0 Å². The number of aryl methyl sites for hydroxylation is 1. The molecule has 2 aromatic carbocycles. The van der Waals surface area contributed by atoms with Crippen molar-refractivity contribution >= 4 is 11.8 Å². The molecule has 1 aliphatic heterocycles. The highest BCUT2D eigenvalue weighted by Crippen LogP contribution is 2.14. The lowest BCUT2D eigenvalue weighted by Crippen LogP contribution is -2.29. The fraction of sp³-hybridized carbons (Fsp3) is 0.105. The summed E-state index contributed by atoms with van der Waals surface area (Å²) in [5, 5.41) is 2.21. The molecule has 0 saturated carbocycles. The second-order valence-corrected chi connectivity index (χ2v) is 5.56. The molecule has 0 radical (unpaired) electrons. The van der Waals surface area contributed by atoms with Crippen LogP contribution in [-0.2, 0) is 0 Å². The van der Waals surface area contributed by atoms with Crippen molar-refractivity contribution in [2.24, 2.45) is 0 Å². The van der Waals surface area contributed by atoms with Crippen molar-refractivity contribution in [1.29, 1.82) is 0 Å². The Kier molecular flexibility index (Phi) is 3.15. The van der Waals surface area contributed by atoms with Crippen LogP contribution in [0.2, 0.25) is 0 Å². The number of hydrogen-bond donors (Lipinski definition) is 1. The van der Waals surface area contributed by atoms with Crippen molar-refractivity contribution in [2.45, 2.75) is 6.92 Å². The molecule has 1 aromatic heterocycles. The Hall–Kier alpha value is -3.01. The highest BCUT2D eigenvalue weighted by atomic mass is 16.5. The number of nitrogens with one attached hydrogen (secondary N) is 1. The predicted octanol–water partition coefficient (Wildman–Crippen LogP) is 1.74. The number of imidazole rings is 1. The molecule has 0 aliphatic carbocycles. The fourth-order valence-electron chi connectivity index (χ4n) is 2.86. The average Bonchev–Trinajstić information content (AvgIpc) is 2.85. The lowest BCUT2D eigenvalue weighted by Gasteiger charge is -2.12. The molecule has 1 N–H and O–H groups in total. The zero-order valence-electron chi connectivity index (χ0n) is 13.1. The largest absolute Gasteiger partial charge is 0.497 e. The molecule has 0 amide bonds. The van der Waals surface area contributed by atoms with Crippen molar-refractivity contribution in [3.05, 3.63) is 82.2 Å². The number of fused-ring (bicyclic) bond motifs is 2. The molecule has 23 heavy (non-hydrogen) atoms. The molecule has 2 heterocycles. The molecular weight excluding hydrogens is 286 g/mol. The Labute approximate surface area is 134 Å². The van der Waals surface area contributed by atoms with E-state index in [4.69, 9.17) is 4.74 Å². The summed E-state index contributed by atoms with van der Waals surface area (Å²) in [7, 11) is 1.69. The number of ether oxygens (including phenoxy) is 1. The van der Waals surface area contributed by atoms with Crippen LogP contribution in [0.5, 0.6) is 5.75 Å². The van der Waals surface area contributed by atoms with Gasteiger partial charge in [-0.15, -0.1) is 0 Å². The first kappa shape index (κ1) is 13.6. The van der Waals surface area contributed by atoms with Gasteiger partial charge < -0.3 is 4.74 Å². The lowest BCUT2D eigenvalue weighted by molar-refractivity contribution is 0.414. The molecule has 0 unspecified atom stereocenters. The molecule has 0 bridgehead atoms. The van der Waals surface area contributed by atoms with Gasteiger partial charge in [0.25, 0.3) is 0 Å². The van der Waals surface area contributed by atoms with Crippen LogP contribution in [0, 0.1) is 6.92 Å². The van der Waals surface area contributed by atoms with E-state index in [1.165, 1.54) is 0 Å². The quantitative estimate of drug-likeness (QED) is 0.784. The minimum absolute atomic E-state index is 0.836. The Morgan fingerprint density at radius 3 is 2.70 bits per heavy atom. The maximum atomic E-state index is 5.41. The minimum atomic E-state index is 0.836. The highest BCUT2D eigenvalue weighted by molar-refractivity contribution is 5.71. The molecule has 0 saturated heterocycles. The lowest BCUT2D eigenvalue weighted by atomic mass is 10.1. The van der Waals surface area contributed by atoms with E-state index in [9.17, 15) is 0 Å². The van der Waals surface area contributed by atoms with Gasteiger partial charge in [-0.1, -0.05) is 36.4 Å². The van der Waals surface area contributed by atoms with E-state index in [1.54, 1.807) is 7.11 Å². The second-order valence-electron chi connectivity index (χ2n) is 5.56. The van der Waals surface area contributed by atoms with Gasteiger partial charge in [0.05, 0.1) is 18.5 Å². The monoisotopic (exact) mass is 303 g/mol. The number of hydrogen-bond acceptors (Lipinski definition) is 3. The summed E-state index contributed by atoms with van der Waals surface area (Å²) >= 11 is 0. The zero-order valence-corrected chi connectivity index (χ0v) is 13.1. The van der Waals surface area contributed by atoms with Crippen LogP contribution >= 0.6 is 0 Å². The van der Waals surface area contributed by atoms with Crippen LogP contribution < -0.4 is 20.6 Å². The first-order valence-electron chi connectivity index (χ1n) is 7.53. The van der Waals surface area contributed by atoms with E-state index < -0.39 is 0 Å². The zero-order chi connectivity index (χ0) is 15.8. The minimum Gasteiger partial charge on any atom is -0.497 e. The summed E-state index contributed by atoms with van der Waals surface area (Å²) in [6.07, 6.45) is 4.09. The predicted molar refractivity (Wildman–Crippen MR) is 91.1 cm³/mol. The average molecular weight is 303 g/mol. The number of benzene rings is 2. The normalized spacial score (nSPS) is 12.5. The van der Waals surface area contributed by atoms with Crippen LogP contribution in [0.1, 0.15) is 17.1 Å². The summed E-state index contributed by atoms with van der Waals surface area (Å²) < 4.78 is 7.37. The van der Waals surface area contributed by atoms with E-state index in [0.29, 0.717) is 0 Å². The fourth-order valence-corrected chi connectivity index (χ4v) is 2.86. The Morgan fingerprint density at radius 1 is 1.09 bits per heavy atom. The molecule has 4 heteroatoms. The maximum Gasteiger partial charge on any atom is 0.152 e. The van der Waals surface area contributed by atoms with Gasteiger partial charge in [0, 0.05) is 17.0 Å². The molecule has 0 atom stereocenters. The summed E-state index contributed by atoms with van der Waals surface area (Å²) in [6.45, 7) is 1.99. The van der Waals surface area contributed by atoms with Gasteiger partial charge in [-0.25, -0.2) is 9.66 Å². The summed E-state index contributed by atoms with van der Waals surface area (Å²) in [6, 6.07) is 16.4. The van der Waals surface area contributed by atoms with E-state index in [1.807, 2.05) is 42.1 Å². The third-order valence-electron chi connectivity index (χ3n) is 3.96. The topological polar surface area (TPSA) is 39.1 Å². The Morgan fingerprint density at radius 2 is 1.91 bits per heavy atom. The van der Waals surface area contributed by atoms with Crippen molar-refractivity contribution < 1.29 is 4.74 Å². The SMILES string of the molecule is COc1ccc2c(c1)=C(c1ccccc1)Nn1cc(C)nc1C=2. The van der Waals surface area contributed by atoms with Gasteiger partial charge in [-0.3, -0.25) is 5.43 Å². The van der Waals surface area contributed by atoms with Crippen LogP contribution in [-0.4, -0.2) is 16.8 Å². The molecular formula is C19H17N3O. The molecule has 4 rings (SSSR count). The van der Waals surface area contributed by atoms with Gasteiger partial charge in [0.15, 0.2) is 5.82 Å². The van der Waals surface area contributed by atoms with Crippen molar-refractivity contribution in [2.75, 3.05) is 12.5 Å². The molecule has 1 aliphatic rings. The third kappa shape index (κ3) is 2.38. The van der Waals surface area contributed by atoms with Gasteiger partial charge in [-0.05, 0) is 30.4 Å². The van der Waals surface area contributed by atoms with Crippen LogP contribution in [0.4, 0.5) is 0 Å². The molecule has 0 spiro atoms. The Balaban J connectivity index is 2.07. The molecule has 0 fully saturated rings. The van der Waals surface area contributed by atoms with Crippen LogP contribution in [0.15, 0.2) is 54.7 Å². The third-order valence-corrected chi connectivity index (χ3v) is 3.96. The molecule has 4 nitrogen and oxygen atoms in total. The first-order valence-corrected chi connectivity index (χ1v) is 7.53. The van der Waals surface area contributed by atoms with Crippen molar-refractivity contribution in [3.8, 4) is 5.75 Å². The smallest absolute Gasteiger partial charge is 0.152 e. The van der Waals surface area contributed by atoms with Gasteiger partial charge in [0.2, 0.25) is 0 Å². The summed E-state index contributed by atoms with van der Waals surface area (Å²) in [5.74, 6) is 1.72. The molecule has 114 valence electrons. The van der Waals surface area contributed by atoms with Crippen LogP contribution in [0.3, 0.4) is 0 Å². The second kappa shape index (κ2) is 5.32. The van der Waals surface area contributed by atoms with E-state index >= 15 is 0 Å². The van der Waals surface area contributed by atoms with E-state index in [0.717, 1.165) is 39.0 Å². The highest BCUT2D eigenvalue weighted by Gasteiger charge is 2.12. The van der Waals surface area contributed by atoms with Gasteiger partial charge in [0.1, 0.15) is 5.75 Å². The first-order chi connectivity index (χ1) is 11.2. The number of rotatable bonds is 2. The van der Waals surface area contributed by atoms with Crippen LogP contribution in [0.25, 0.3) is 11.8 Å². The summed E-state index contributed by atoms with van der Waals surface area (Å²) in [5.41, 5.74) is 6.62. The standard InChI is InChI=1S/C19H17N3O/c1-13-12-22-18(20-13)10-15-8-9-16(23-2)11-17(15)19(21-22)14-6-4-3-5-7-14/h3-12,21H,1-2H3. The van der Waals surface area contributed by atoms with Gasteiger partial charge in [-0.2, -0.15) is 0 Å². The number of aromatic nitrogens is 2. The van der Waals surface area contributed by atoms with Crippen molar-refractivity contribution in [1.82, 2.24) is 9.66 Å². The Bertz CT molecular complexity index is 987. The summed E-state index contributed by atoms with van der Waals surface area (Å²) in [4.78, 5) is 4.58. The number of nitrogens with zero attached hydrogens (tertiary/aromatic N) is 2. The maximum absolute atomic E-state index is 5.41. The van der Waals surface area contributed by atoms with E-state index in [-0.39, 0.29) is 0 Å². The van der Waals surface area contributed by atoms with Gasteiger partial charge >= 0.3 is 0 Å². The van der Waals surface area contributed by atoms with E-state index in [2.05, 4.69) is 40.8 Å². The number of methoxy groups -OCH3 is 1.